The van der Waals surface area contributed by atoms with Gasteiger partial charge in [-0.25, -0.2) is 4.98 Å². The molecule has 5 aromatic rings. The number of nitrogens with zero attached hydrogens (tertiary/aromatic N) is 2. The molecule has 0 bridgehead atoms. The van der Waals surface area contributed by atoms with Crippen LogP contribution in [0.25, 0.3) is 26.7 Å². The van der Waals surface area contributed by atoms with E-state index < -0.39 is 0 Å². The summed E-state index contributed by atoms with van der Waals surface area (Å²) >= 11 is 3.22. The average molecular weight is 499 g/mol. The molecule has 6 rings (SSSR count). The number of hydrogen-bond donors (Lipinski definition) is 0. The Balaban J connectivity index is 1.48. The zero-order valence-corrected chi connectivity index (χ0v) is 21.4. The van der Waals surface area contributed by atoms with E-state index in [2.05, 4.69) is 56.3 Å². The second-order valence-corrected chi connectivity index (χ2v) is 11.3. The van der Waals surface area contributed by atoms with Crippen molar-refractivity contribution >= 4 is 44.1 Å². The topological polar surface area (TPSA) is 44.1 Å². The molecule has 2 aromatic heterocycles. The molecule has 4 nitrogen and oxygen atoms in total. The summed E-state index contributed by atoms with van der Waals surface area (Å²) < 4.78 is 7.89. The van der Waals surface area contributed by atoms with E-state index in [0.29, 0.717) is 12.5 Å². The van der Waals surface area contributed by atoms with Crippen LogP contribution in [0.3, 0.4) is 0 Å². The number of fused-ring (bicyclic) bond motifs is 4. The van der Waals surface area contributed by atoms with Gasteiger partial charge in [0.2, 0.25) is 0 Å². The summed E-state index contributed by atoms with van der Waals surface area (Å²) in [5.41, 5.74) is 3.23. The molecule has 3 aromatic carbocycles. The quantitative estimate of drug-likeness (QED) is 0.193. The average Bonchev–Trinajstić information content (AvgIpc) is 3.26. The third-order valence-electron chi connectivity index (χ3n) is 6.71. The number of ether oxygens (including phenoxy) is 1. The molecule has 0 amide bonds. The van der Waals surface area contributed by atoms with Gasteiger partial charge in [0.05, 0.1) is 23.8 Å². The van der Waals surface area contributed by atoms with Crippen molar-refractivity contribution < 1.29 is 4.74 Å². The Kier molecular flexibility index (Phi) is 5.96. The van der Waals surface area contributed by atoms with Crippen molar-refractivity contribution in [1.82, 2.24) is 9.55 Å². The number of thiophene rings is 1. The van der Waals surface area contributed by atoms with Crippen molar-refractivity contribution in [2.24, 2.45) is 5.92 Å². The molecule has 1 aliphatic heterocycles. The van der Waals surface area contributed by atoms with Crippen LogP contribution < -0.4 is 5.56 Å². The van der Waals surface area contributed by atoms with Crippen molar-refractivity contribution in [2.75, 3.05) is 0 Å². The van der Waals surface area contributed by atoms with Gasteiger partial charge in [-0.3, -0.25) is 9.36 Å². The molecular formula is C29H26N2O2S2. The first-order valence-electron chi connectivity index (χ1n) is 11.9. The first kappa shape index (κ1) is 22.5. The number of benzene rings is 3. The van der Waals surface area contributed by atoms with Crippen molar-refractivity contribution in [3.63, 3.8) is 0 Å². The molecule has 3 heterocycles. The van der Waals surface area contributed by atoms with Crippen LogP contribution >= 0.6 is 23.1 Å². The molecular weight excluding hydrogens is 472 g/mol. The lowest BCUT2D eigenvalue weighted by atomic mass is 9.96. The zero-order valence-electron chi connectivity index (χ0n) is 19.7. The van der Waals surface area contributed by atoms with Gasteiger partial charge in [0.1, 0.15) is 4.83 Å². The van der Waals surface area contributed by atoms with Crippen LogP contribution in [0, 0.1) is 5.92 Å². The number of rotatable bonds is 5. The minimum absolute atomic E-state index is 0.0172. The maximum Gasteiger partial charge on any atom is 0.267 e. The maximum absolute atomic E-state index is 14.1. The smallest absolute Gasteiger partial charge is 0.267 e. The number of aromatic nitrogens is 2. The molecule has 1 atom stereocenters. The Morgan fingerprint density at radius 3 is 2.66 bits per heavy atom. The van der Waals surface area contributed by atoms with Crippen LogP contribution in [0.1, 0.15) is 29.9 Å². The largest absolute Gasteiger partial charge is 0.372 e. The number of thioether (sulfide) groups is 1. The van der Waals surface area contributed by atoms with Crippen LogP contribution in [-0.2, 0) is 23.5 Å². The lowest BCUT2D eigenvalue weighted by Gasteiger charge is -2.26. The van der Waals surface area contributed by atoms with Gasteiger partial charge in [0.25, 0.3) is 5.56 Å². The highest BCUT2D eigenvalue weighted by Crippen LogP contribution is 2.37. The van der Waals surface area contributed by atoms with Gasteiger partial charge < -0.3 is 4.74 Å². The Morgan fingerprint density at radius 1 is 1.06 bits per heavy atom. The first-order valence-corrected chi connectivity index (χ1v) is 13.7. The van der Waals surface area contributed by atoms with E-state index in [-0.39, 0.29) is 11.7 Å². The molecule has 0 spiro atoms. The molecule has 0 fully saturated rings. The molecule has 1 aliphatic rings. The Morgan fingerprint density at radius 2 is 1.83 bits per heavy atom. The fourth-order valence-corrected chi connectivity index (χ4v) is 6.98. The monoisotopic (exact) mass is 498 g/mol. The molecule has 35 heavy (non-hydrogen) atoms. The molecule has 0 radical (unpaired) electrons. The van der Waals surface area contributed by atoms with Crippen LogP contribution in [0.2, 0.25) is 0 Å². The van der Waals surface area contributed by atoms with Crippen LogP contribution in [-0.4, -0.2) is 15.7 Å². The number of hydrogen-bond acceptors (Lipinski definition) is 5. The predicted octanol–water partition coefficient (Wildman–Crippen LogP) is 6.99. The molecule has 0 aliphatic carbocycles. The van der Waals surface area contributed by atoms with E-state index in [0.717, 1.165) is 43.7 Å². The van der Waals surface area contributed by atoms with Gasteiger partial charge in [-0.1, -0.05) is 86.3 Å². The first-order chi connectivity index (χ1) is 17.1. The SMILES string of the molecule is CC(C)[C@@H]1Cc2c(sc3nc(SCc4cccc5ccccc45)n(-c4ccccc4)c(=O)c23)CO1. The van der Waals surface area contributed by atoms with Crippen molar-refractivity contribution in [1.29, 1.82) is 0 Å². The Labute approximate surface area is 212 Å². The van der Waals surface area contributed by atoms with Crippen molar-refractivity contribution in [2.45, 2.75) is 43.9 Å². The van der Waals surface area contributed by atoms with Gasteiger partial charge in [0.15, 0.2) is 5.16 Å². The molecule has 0 saturated carbocycles. The summed E-state index contributed by atoms with van der Waals surface area (Å²) in [6.45, 7) is 4.90. The predicted molar refractivity (Wildman–Crippen MR) is 146 cm³/mol. The second-order valence-electron chi connectivity index (χ2n) is 9.28. The summed E-state index contributed by atoms with van der Waals surface area (Å²) in [5, 5.41) is 3.94. The second kappa shape index (κ2) is 9.26. The van der Waals surface area contributed by atoms with Gasteiger partial charge in [-0.2, -0.15) is 0 Å². The standard InChI is InChI=1S/C29H26N2O2S2/c1-18(2)24-15-23-25(16-33-24)35-27-26(23)28(32)31(21-12-4-3-5-13-21)29(30-27)34-17-20-11-8-10-19-9-6-7-14-22(19)20/h3-14,18,24H,15-17H2,1-2H3/t24-/m0/s1. The molecule has 0 saturated heterocycles. The summed E-state index contributed by atoms with van der Waals surface area (Å²) in [6, 6.07) is 24.7. The molecule has 0 N–H and O–H groups in total. The molecule has 176 valence electrons. The Bertz CT molecular complexity index is 1580. The number of para-hydroxylation sites is 1. The summed E-state index contributed by atoms with van der Waals surface area (Å²) in [7, 11) is 0. The fourth-order valence-electron chi connectivity index (χ4n) is 4.80. The lowest BCUT2D eigenvalue weighted by molar-refractivity contribution is 0.00200. The molecule has 6 heteroatoms. The highest BCUT2D eigenvalue weighted by atomic mass is 32.2. The third-order valence-corrected chi connectivity index (χ3v) is 8.79. The van der Waals surface area contributed by atoms with E-state index in [1.807, 2.05) is 30.3 Å². The fraction of sp³-hybridized carbons (Fsp3) is 0.241. The van der Waals surface area contributed by atoms with E-state index in [4.69, 9.17) is 9.72 Å². The Hall–Kier alpha value is -2.93. The van der Waals surface area contributed by atoms with Crippen LogP contribution in [0.4, 0.5) is 0 Å². The summed E-state index contributed by atoms with van der Waals surface area (Å²) in [5.74, 6) is 1.13. The highest BCUT2D eigenvalue weighted by molar-refractivity contribution is 7.98. The van der Waals surface area contributed by atoms with Crippen molar-refractivity contribution in [3.8, 4) is 5.69 Å². The van der Waals surface area contributed by atoms with Crippen LogP contribution in [0.5, 0.6) is 0 Å². The summed E-state index contributed by atoms with van der Waals surface area (Å²) in [4.78, 5) is 21.1. The third kappa shape index (κ3) is 4.10. The highest BCUT2D eigenvalue weighted by Gasteiger charge is 2.28. The van der Waals surface area contributed by atoms with Gasteiger partial charge in [-0.15, -0.1) is 11.3 Å². The van der Waals surface area contributed by atoms with Gasteiger partial charge in [0, 0.05) is 17.1 Å². The van der Waals surface area contributed by atoms with Crippen molar-refractivity contribution in [3.05, 3.63) is 99.2 Å². The summed E-state index contributed by atoms with van der Waals surface area (Å²) in [6.07, 6.45) is 0.895. The minimum atomic E-state index is 0.0172. The van der Waals surface area contributed by atoms with E-state index >= 15 is 0 Å². The zero-order chi connectivity index (χ0) is 23.9. The lowest BCUT2D eigenvalue weighted by Crippen LogP contribution is -2.28. The normalized spacial score (nSPS) is 15.7. The van der Waals surface area contributed by atoms with E-state index in [1.54, 1.807) is 27.7 Å². The van der Waals surface area contributed by atoms with Crippen LogP contribution in [0.15, 0.2) is 82.7 Å². The maximum atomic E-state index is 14.1. The van der Waals surface area contributed by atoms with Gasteiger partial charge in [-0.05, 0) is 39.9 Å². The molecule has 0 unspecified atom stereocenters. The van der Waals surface area contributed by atoms with E-state index in [9.17, 15) is 4.79 Å². The minimum Gasteiger partial charge on any atom is -0.372 e. The van der Waals surface area contributed by atoms with E-state index in [1.165, 1.54) is 16.3 Å². The van der Waals surface area contributed by atoms with Gasteiger partial charge >= 0.3 is 0 Å².